The van der Waals surface area contributed by atoms with Crippen LogP contribution in [0.2, 0.25) is 0 Å². The molecule has 1 N–H and O–H groups in total. The molecule has 90 valence electrons. The zero-order valence-electron chi connectivity index (χ0n) is 10.9. The second-order valence-corrected chi connectivity index (χ2v) is 5.49. The number of rotatable bonds is 5. The smallest absolute Gasteiger partial charge is 0.0184 e. The van der Waals surface area contributed by atoms with Crippen LogP contribution in [-0.4, -0.2) is 12.1 Å². The molecule has 1 aliphatic rings. The van der Waals surface area contributed by atoms with Crippen LogP contribution in [0, 0.1) is 5.92 Å². The summed E-state index contributed by atoms with van der Waals surface area (Å²) in [5.41, 5.74) is 0.487. The predicted molar refractivity (Wildman–Crippen MR) is 68.2 cm³/mol. The van der Waals surface area contributed by atoms with Crippen molar-refractivity contribution in [1.29, 1.82) is 0 Å². The second kappa shape index (κ2) is 6.52. The molecule has 2 unspecified atom stereocenters. The van der Waals surface area contributed by atoms with Gasteiger partial charge >= 0.3 is 0 Å². The number of hydrogen-bond donors (Lipinski definition) is 1. The molecule has 1 nitrogen and oxygen atoms in total. The standard InChI is InChI=1S/C14H29N/c1-4-9-14(12-13(3)5-2)10-7-6-8-11-15-14/h13,15H,4-12H2,1-3H3. The van der Waals surface area contributed by atoms with Gasteiger partial charge in [-0.25, -0.2) is 0 Å². The third-order valence-corrected chi connectivity index (χ3v) is 4.00. The van der Waals surface area contributed by atoms with Crippen LogP contribution in [0.4, 0.5) is 0 Å². The Morgan fingerprint density at radius 1 is 1.20 bits per heavy atom. The van der Waals surface area contributed by atoms with Crippen molar-refractivity contribution in [2.75, 3.05) is 6.54 Å². The summed E-state index contributed by atoms with van der Waals surface area (Å²) in [5, 5.41) is 3.86. The van der Waals surface area contributed by atoms with E-state index < -0.39 is 0 Å². The molecule has 0 aliphatic carbocycles. The summed E-state index contributed by atoms with van der Waals surface area (Å²) in [5.74, 6) is 0.877. The lowest BCUT2D eigenvalue weighted by atomic mass is 9.80. The number of hydrogen-bond acceptors (Lipinski definition) is 1. The third-order valence-electron chi connectivity index (χ3n) is 4.00. The van der Waals surface area contributed by atoms with Crippen molar-refractivity contribution in [1.82, 2.24) is 5.32 Å². The van der Waals surface area contributed by atoms with Gasteiger partial charge in [0.2, 0.25) is 0 Å². The first-order valence-corrected chi connectivity index (χ1v) is 6.97. The molecule has 0 aromatic rings. The van der Waals surface area contributed by atoms with E-state index in [1.165, 1.54) is 57.9 Å². The van der Waals surface area contributed by atoms with Gasteiger partial charge in [-0.2, -0.15) is 0 Å². The summed E-state index contributed by atoms with van der Waals surface area (Å²) in [6, 6.07) is 0. The fraction of sp³-hybridized carbons (Fsp3) is 1.00. The van der Waals surface area contributed by atoms with E-state index in [1.54, 1.807) is 0 Å². The van der Waals surface area contributed by atoms with E-state index in [0.29, 0.717) is 5.54 Å². The first kappa shape index (κ1) is 13.0. The molecular weight excluding hydrogens is 182 g/mol. The monoisotopic (exact) mass is 211 g/mol. The Labute approximate surface area is 96.0 Å². The van der Waals surface area contributed by atoms with Crippen LogP contribution >= 0.6 is 0 Å². The molecule has 1 aliphatic heterocycles. The molecule has 1 heteroatoms. The Kier molecular flexibility index (Phi) is 5.66. The SMILES string of the molecule is CCCC1(CC(C)CC)CCCCCN1. The van der Waals surface area contributed by atoms with Crippen LogP contribution in [0.25, 0.3) is 0 Å². The first-order chi connectivity index (χ1) is 7.22. The lowest BCUT2D eigenvalue weighted by molar-refractivity contribution is 0.230. The Morgan fingerprint density at radius 3 is 2.67 bits per heavy atom. The van der Waals surface area contributed by atoms with E-state index in [2.05, 4.69) is 26.1 Å². The zero-order chi connectivity index (χ0) is 11.1. The molecule has 0 bridgehead atoms. The highest BCUT2D eigenvalue weighted by Gasteiger charge is 2.30. The molecule has 0 aromatic heterocycles. The molecule has 0 spiro atoms. The van der Waals surface area contributed by atoms with Crippen LogP contribution in [0.15, 0.2) is 0 Å². The minimum Gasteiger partial charge on any atom is -0.311 e. The summed E-state index contributed by atoms with van der Waals surface area (Å²) < 4.78 is 0. The van der Waals surface area contributed by atoms with Gasteiger partial charge in [-0.15, -0.1) is 0 Å². The van der Waals surface area contributed by atoms with Crippen molar-refractivity contribution in [2.24, 2.45) is 5.92 Å². The van der Waals surface area contributed by atoms with E-state index in [0.717, 1.165) is 5.92 Å². The largest absolute Gasteiger partial charge is 0.311 e. The topological polar surface area (TPSA) is 12.0 Å². The van der Waals surface area contributed by atoms with Gasteiger partial charge < -0.3 is 5.32 Å². The van der Waals surface area contributed by atoms with Gasteiger partial charge in [0.15, 0.2) is 0 Å². The first-order valence-electron chi connectivity index (χ1n) is 6.97. The summed E-state index contributed by atoms with van der Waals surface area (Å²) in [4.78, 5) is 0. The van der Waals surface area contributed by atoms with E-state index in [-0.39, 0.29) is 0 Å². The molecule has 15 heavy (non-hydrogen) atoms. The van der Waals surface area contributed by atoms with Crippen molar-refractivity contribution < 1.29 is 0 Å². The molecule has 2 atom stereocenters. The minimum absolute atomic E-state index is 0.487. The fourth-order valence-electron chi connectivity index (χ4n) is 2.99. The maximum atomic E-state index is 3.86. The molecule has 1 rings (SSSR count). The zero-order valence-corrected chi connectivity index (χ0v) is 10.9. The Balaban J connectivity index is 2.57. The van der Waals surface area contributed by atoms with Gasteiger partial charge in [0.05, 0.1) is 0 Å². The van der Waals surface area contributed by atoms with Gasteiger partial charge in [0.25, 0.3) is 0 Å². The highest BCUT2D eigenvalue weighted by atomic mass is 15.0. The molecule has 1 heterocycles. The van der Waals surface area contributed by atoms with Crippen molar-refractivity contribution in [3.05, 3.63) is 0 Å². The summed E-state index contributed by atoms with van der Waals surface area (Å²) in [6.45, 7) is 8.30. The highest BCUT2D eigenvalue weighted by Crippen LogP contribution is 2.31. The van der Waals surface area contributed by atoms with Gasteiger partial charge in [-0.1, -0.05) is 46.5 Å². The van der Waals surface area contributed by atoms with Crippen molar-refractivity contribution in [2.45, 2.75) is 77.7 Å². The van der Waals surface area contributed by atoms with Crippen molar-refractivity contribution in [3.8, 4) is 0 Å². The maximum absolute atomic E-state index is 3.86. The summed E-state index contributed by atoms with van der Waals surface area (Å²) in [6.07, 6.45) is 11.1. The Morgan fingerprint density at radius 2 is 2.00 bits per heavy atom. The average Bonchev–Trinajstić information content (AvgIpc) is 2.44. The molecule has 0 saturated carbocycles. The normalized spacial score (nSPS) is 29.8. The van der Waals surface area contributed by atoms with Crippen LogP contribution in [0.5, 0.6) is 0 Å². The predicted octanol–water partition coefficient (Wildman–Crippen LogP) is 4.13. The van der Waals surface area contributed by atoms with Crippen molar-refractivity contribution >= 4 is 0 Å². The van der Waals surface area contributed by atoms with Crippen LogP contribution in [0.3, 0.4) is 0 Å². The van der Waals surface area contributed by atoms with Gasteiger partial charge in [0.1, 0.15) is 0 Å². The van der Waals surface area contributed by atoms with E-state index in [4.69, 9.17) is 0 Å². The van der Waals surface area contributed by atoms with Gasteiger partial charge in [-0.3, -0.25) is 0 Å². The Hall–Kier alpha value is -0.0400. The molecule has 1 saturated heterocycles. The van der Waals surface area contributed by atoms with E-state index >= 15 is 0 Å². The van der Waals surface area contributed by atoms with Crippen LogP contribution in [0.1, 0.15) is 72.1 Å². The quantitative estimate of drug-likeness (QED) is 0.721. The highest BCUT2D eigenvalue weighted by molar-refractivity contribution is 4.90. The van der Waals surface area contributed by atoms with Crippen molar-refractivity contribution in [3.63, 3.8) is 0 Å². The van der Waals surface area contributed by atoms with E-state index in [1.807, 2.05) is 0 Å². The fourth-order valence-corrected chi connectivity index (χ4v) is 2.99. The average molecular weight is 211 g/mol. The lowest BCUT2D eigenvalue weighted by Crippen LogP contribution is -2.45. The molecule has 0 amide bonds. The summed E-state index contributed by atoms with van der Waals surface area (Å²) in [7, 11) is 0. The van der Waals surface area contributed by atoms with E-state index in [9.17, 15) is 0 Å². The molecule has 1 fully saturated rings. The van der Waals surface area contributed by atoms with Crippen LogP contribution in [-0.2, 0) is 0 Å². The lowest BCUT2D eigenvalue weighted by Gasteiger charge is -2.36. The molecular formula is C14H29N. The maximum Gasteiger partial charge on any atom is 0.0184 e. The summed E-state index contributed by atoms with van der Waals surface area (Å²) >= 11 is 0. The molecule has 0 aromatic carbocycles. The molecule has 0 radical (unpaired) electrons. The van der Waals surface area contributed by atoms with Gasteiger partial charge in [0, 0.05) is 5.54 Å². The minimum atomic E-state index is 0.487. The third kappa shape index (κ3) is 4.14. The Bertz CT molecular complexity index is 157. The van der Waals surface area contributed by atoms with Crippen LogP contribution < -0.4 is 5.32 Å². The van der Waals surface area contributed by atoms with Gasteiger partial charge in [-0.05, 0) is 38.1 Å². The number of nitrogens with one attached hydrogen (secondary N) is 1. The second-order valence-electron chi connectivity index (χ2n) is 5.49.